The van der Waals surface area contributed by atoms with Crippen molar-refractivity contribution in [2.45, 2.75) is 44.9 Å². The topological polar surface area (TPSA) is 84.1 Å². The molecule has 1 fully saturated rings. The number of hydrogen-bond acceptors (Lipinski definition) is 7. The summed E-state index contributed by atoms with van der Waals surface area (Å²) in [4.78, 5) is 29.1. The summed E-state index contributed by atoms with van der Waals surface area (Å²) in [6, 6.07) is 0.215. The maximum absolute atomic E-state index is 11.6. The van der Waals surface area contributed by atoms with Crippen LogP contribution in [-0.2, 0) is 14.3 Å². The fourth-order valence-corrected chi connectivity index (χ4v) is 4.69. The number of aliphatic hydroxyl groups excluding tert-OH is 1. The van der Waals surface area contributed by atoms with E-state index in [1.165, 1.54) is 11.0 Å². The number of rotatable bonds is 4. The van der Waals surface area contributed by atoms with Gasteiger partial charge in [-0.25, -0.2) is 4.98 Å². The molecule has 4 heterocycles. The molecule has 158 valence electrons. The summed E-state index contributed by atoms with van der Waals surface area (Å²) in [7, 11) is 0. The molecule has 2 aromatic heterocycles. The summed E-state index contributed by atoms with van der Waals surface area (Å²) in [6.07, 6.45) is 6.92. The Kier molecular flexibility index (Phi) is 8.06. The van der Waals surface area contributed by atoms with Crippen LogP contribution in [0.15, 0.2) is 42.0 Å². The molecule has 0 aliphatic carbocycles. The zero-order valence-electron chi connectivity index (χ0n) is 17.0. The molecular weight excluding hydrogens is 410 g/mol. The van der Waals surface area contributed by atoms with Gasteiger partial charge in [0.25, 0.3) is 6.47 Å². The van der Waals surface area contributed by atoms with Gasteiger partial charge in [0.05, 0.1) is 18.1 Å². The van der Waals surface area contributed by atoms with Crippen LogP contribution in [0.25, 0.3) is 4.83 Å². The average molecular weight is 438 g/mol. The van der Waals surface area contributed by atoms with Crippen LogP contribution in [0.1, 0.15) is 25.6 Å². The minimum atomic E-state index is -0.518. The Bertz CT molecular complexity index is 895. The number of thiol groups is 1. The summed E-state index contributed by atoms with van der Waals surface area (Å²) in [5, 5.41) is 10.2. The van der Waals surface area contributed by atoms with Gasteiger partial charge in [0.2, 0.25) is 5.91 Å². The first-order chi connectivity index (χ1) is 13.7. The van der Waals surface area contributed by atoms with Crippen LogP contribution in [0.2, 0.25) is 0 Å². The number of amides is 1. The Balaban J connectivity index is 0.000000167. The van der Waals surface area contributed by atoms with Gasteiger partial charge in [-0.3, -0.25) is 14.0 Å². The lowest BCUT2D eigenvalue weighted by Gasteiger charge is -2.46. The third kappa shape index (κ3) is 5.09. The SMILES string of the molecule is C=CCOC=O.CC1=CC(C)C2C(C(C)O)C(=O)N12.Cc1cn2cnc(S)c2s1. The third-order valence-electron chi connectivity index (χ3n) is 4.72. The van der Waals surface area contributed by atoms with Gasteiger partial charge in [0.1, 0.15) is 22.8 Å². The molecule has 0 radical (unpaired) electrons. The van der Waals surface area contributed by atoms with E-state index in [0.29, 0.717) is 19.0 Å². The second kappa shape index (κ2) is 10.1. The van der Waals surface area contributed by atoms with E-state index in [1.54, 1.807) is 24.6 Å². The number of allylic oxidation sites excluding steroid dienone is 1. The van der Waals surface area contributed by atoms with Crippen molar-refractivity contribution in [3.63, 3.8) is 0 Å². The third-order valence-corrected chi connectivity index (χ3v) is 6.23. The van der Waals surface area contributed by atoms with Gasteiger partial charge in [-0.05, 0) is 26.7 Å². The lowest BCUT2D eigenvalue weighted by Crippen LogP contribution is -2.62. The van der Waals surface area contributed by atoms with Crippen molar-refractivity contribution in [1.29, 1.82) is 0 Å². The summed E-state index contributed by atoms with van der Waals surface area (Å²) >= 11 is 5.90. The van der Waals surface area contributed by atoms with Crippen LogP contribution < -0.4 is 0 Å². The number of aromatic nitrogens is 2. The predicted molar refractivity (Wildman–Crippen MR) is 116 cm³/mol. The van der Waals surface area contributed by atoms with Gasteiger partial charge in [-0.15, -0.1) is 24.0 Å². The van der Waals surface area contributed by atoms with E-state index >= 15 is 0 Å². The van der Waals surface area contributed by atoms with E-state index < -0.39 is 6.10 Å². The molecule has 2 aliphatic heterocycles. The van der Waals surface area contributed by atoms with Gasteiger partial charge < -0.3 is 14.7 Å². The number of ether oxygens (including phenoxy) is 1. The zero-order valence-corrected chi connectivity index (χ0v) is 18.7. The van der Waals surface area contributed by atoms with Crippen LogP contribution >= 0.6 is 24.0 Å². The number of hydrogen-bond donors (Lipinski definition) is 2. The molecule has 2 aromatic rings. The summed E-state index contributed by atoms with van der Waals surface area (Å²) in [5.41, 5.74) is 1.04. The van der Waals surface area contributed by atoms with Crippen molar-refractivity contribution in [2.75, 3.05) is 6.61 Å². The second-order valence-electron chi connectivity index (χ2n) is 6.97. The van der Waals surface area contributed by atoms with Crippen LogP contribution in [0.3, 0.4) is 0 Å². The highest BCUT2D eigenvalue weighted by molar-refractivity contribution is 7.80. The smallest absolute Gasteiger partial charge is 0.293 e. The molecule has 2 aliphatic rings. The lowest BCUT2D eigenvalue weighted by molar-refractivity contribution is -0.159. The van der Waals surface area contributed by atoms with E-state index in [0.717, 1.165) is 15.6 Å². The molecule has 0 aromatic carbocycles. The molecule has 9 heteroatoms. The maximum Gasteiger partial charge on any atom is 0.293 e. The molecule has 4 unspecified atom stereocenters. The minimum absolute atomic E-state index is 0.0816. The van der Waals surface area contributed by atoms with Crippen molar-refractivity contribution in [3.8, 4) is 0 Å². The van der Waals surface area contributed by atoms with E-state index in [9.17, 15) is 14.7 Å². The van der Waals surface area contributed by atoms with Crippen molar-refractivity contribution in [1.82, 2.24) is 14.3 Å². The monoisotopic (exact) mass is 437 g/mol. The summed E-state index contributed by atoms with van der Waals surface area (Å²) in [6.45, 7) is 11.8. The van der Waals surface area contributed by atoms with Gasteiger partial charge >= 0.3 is 0 Å². The van der Waals surface area contributed by atoms with Gasteiger partial charge in [-0.1, -0.05) is 25.7 Å². The average Bonchev–Trinajstić information content (AvgIpc) is 3.25. The first kappa shape index (κ1) is 23.2. The molecule has 4 atom stereocenters. The number of β-lactam (4-membered cyclic amide) rings is 1. The normalized spacial score (nSPS) is 23.0. The Labute approximate surface area is 180 Å². The van der Waals surface area contributed by atoms with Crippen molar-refractivity contribution < 1.29 is 19.4 Å². The molecule has 0 saturated carbocycles. The number of nitrogens with zero attached hydrogens (tertiary/aromatic N) is 3. The Morgan fingerprint density at radius 3 is 2.69 bits per heavy atom. The number of carbonyl (C=O) groups is 2. The number of aryl methyl sites for hydroxylation is 1. The van der Waals surface area contributed by atoms with Crippen molar-refractivity contribution in [3.05, 3.63) is 41.8 Å². The molecule has 4 rings (SSSR count). The number of fused-ring (bicyclic) bond motifs is 2. The quantitative estimate of drug-likeness (QED) is 0.252. The van der Waals surface area contributed by atoms with Crippen molar-refractivity contribution >= 4 is 41.2 Å². The number of carbonyl (C=O) groups excluding carboxylic acids is 2. The summed E-state index contributed by atoms with van der Waals surface area (Å²) < 4.78 is 6.17. The van der Waals surface area contributed by atoms with E-state index in [2.05, 4.69) is 48.9 Å². The van der Waals surface area contributed by atoms with Gasteiger partial charge in [0.15, 0.2) is 0 Å². The lowest BCUT2D eigenvalue weighted by atomic mass is 9.79. The highest BCUT2D eigenvalue weighted by Crippen LogP contribution is 2.42. The van der Waals surface area contributed by atoms with Crippen LogP contribution in [0.5, 0.6) is 0 Å². The molecule has 1 N–H and O–H groups in total. The molecule has 29 heavy (non-hydrogen) atoms. The molecular formula is C20H27N3O4S2. The zero-order chi connectivity index (χ0) is 21.7. The number of imidazole rings is 1. The first-order valence-corrected chi connectivity index (χ1v) is 10.5. The second-order valence-corrected chi connectivity index (χ2v) is 8.63. The Hall–Kier alpha value is -2.10. The van der Waals surface area contributed by atoms with E-state index in [-0.39, 0.29) is 17.9 Å². The molecule has 1 amide bonds. The highest BCUT2D eigenvalue weighted by Gasteiger charge is 2.54. The number of aliphatic hydroxyl groups is 1. The van der Waals surface area contributed by atoms with E-state index in [1.807, 2.05) is 22.4 Å². The van der Waals surface area contributed by atoms with Crippen LogP contribution in [0.4, 0.5) is 0 Å². The maximum atomic E-state index is 11.6. The Morgan fingerprint density at radius 2 is 2.17 bits per heavy atom. The fraction of sp³-hybridized carbons (Fsp3) is 0.450. The molecule has 0 spiro atoms. The largest absolute Gasteiger partial charge is 0.464 e. The minimum Gasteiger partial charge on any atom is -0.464 e. The van der Waals surface area contributed by atoms with Crippen molar-refractivity contribution in [2.24, 2.45) is 11.8 Å². The standard InChI is InChI=1S/C10H15NO2.C6H6N2S2.C4H6O2/c1-5-4-6(2)11-9(5)8(7(3)12)10(11)13;1-4-2-8-3-7-5(9)6(8)10-4;1-2-3-6-4-5/h4-5,7-9,12H,1-3H3;2-3,9H,1H3;2,4H,1,3H2. The fourth-order valence-electron chi connectivity index (χ4n) is 3.57. The van der Waals surface area contributed by atoms with E-state index in [4.69, 9.17) is 0 Å². The predicted octanol–water partition coefficient (Wildman–Crippen LogP) is 3.09. The molecule has 1 saturated heterocycles. The number of thiazole rings is 1. The molecule has 7 nitrogen and oxygen atoms in total. The molecule has 0 bridgehead atoms. The highest BCUT2D eigenvalue weighted by atomic mass is 32.1. The van der Waals surface area contributed by atoms with Crippen LogP contribution in [-0.4, -0.2) is 50.5 Å². The summed E-state index contributed by atoms with van der Waals surface area (Å²) in [5.74, 6) is 0.291. The van der Waals surface area contributed by atoms with Gasteiger partial charge in [0, 0.05) is 16.8 Å². The van der Waals surface area contributed by atoms with Gasteiger partial charge in [-0.2, -0.15) is 0 Å². The first-order valence-electron chi connectivity index (χ1n) is 9.20. The Morgan fingerprint density at radius 1 is 1.48 bits per heavy atom. The van der Waals surface area contributed by atoms with Crippen LogP contribution in [0, 0.1) is 18.8 Å².